The molecule has 0 fully saturated rings. The Morgan fingerprint density at radius 1 is 1.26 bits per heavy atom. The number of hydrogen-bond acceptors (Lipinski definition) is 3. The monoisotopic (exact) mass is 440 g/mol. The lowest BCUT2D eigenvalue weighted by Crippen LogP contribution is -2.43. The maximum absolute atomic E-state index is 13.3. The van der Waals surface area contributed by atoms with Gasteiger partial charge in [-0.1, -0.05) is 53.2 Å². The Morgan fingerprint density at radius 3 is 2.48 bits per heavy atom. The zero-order valence-electron chi connectivity index (χ0n) is 14.3. The number of alkyl halides is 3. The Kier molecular flexibility index (Phi) is 5.14. The molecular weight excluding hydrogens is 425 g/mol. The van der Waals surface area contributed by atoms with E-state index in [0.717, 1.165) is 12.0 Å². The molecule has 1 N–H and O–H groups in total. The van der Waals surface area contributed by atoms with E-state index in [0.29, 0.717) is 9.48 Å². The van der Waals surface area contributed by atoms with Gasteiger partial charge in [0.15, 0.2) is 5.72 Å². The normalized spacial score (nSPS) is 19.9. The van der Waals surface area contributed by atoms with Gasteiger partial charge < -0.3 is 5.11 Å². The van der Waals surface area contributed by atoms with Crippen molar-refractivity contribution in [2.45, 2.75) is 31.7 Å². The summed E-state index contributed by atoms with van der Waals surface area (Å²) in [5.41, 5.74) is -2.17. The van der Waals surface area contributed by atoms with E-state index in [4.69, 9.17) is 0 Å². The van der Waals surface area contributed by atoms with Crippen molar-refractivity contribution in [3.63, 3.8) is 0 Å². The van der Waals surface area contributed by atoms with Gasteiger partial charge >= 0.3 is 6.18 Å². The summed E-state index contributed by atoms with van der Waals surface area (Å²) >= 11 is 3.22. The molecule has 3 rings (SSSR count). The minimum absolute atomic E-state index is 0.111. The molecule has 2 aromatic rings. The second-order valence-corrected chi connectivity index (χ2v) is 7.13. The molecule has 142 valence electrons. The molecule has 2 aromatic carbocycles. The molecular formula is C19H16BrF3N2O2. The van der Waals surface area contributed by atoms with Crippen LogP contribution in [0.25, 0.3) is 0 Å². The molecule has 1 aliphatic heterocycles. The third-order valence-electron chi connectivity index (χ3n) is 4.40. The van der Waals surface area contributed by atoms with Gasteiger partial charge in [-0.15, -0.1) is 0 Å². The average molecular weight is 441 g/mol. The molecule has 0 saturated carbocycles. The number of carbonyl (C=O) groups is 1. The van der Waals surface area contributed by atoms with E-state index in [9.17, 15) is 23.1 Å². The highest BCUT2D eigenvalue weighted by molar-refractivity contribution is 9.10. The van der Waals surface area contributed by atoms with Gasteiger partial charge in [0.1, 0.15) is 5.71 Å². The van der Waals surface area contributed by atoms with E-state index in [1.807, 2.05) is 6.92 Å². The van der Waals surface area contributed by atoms with Crippen molar-refractivity contribution in [3.8, 4) is 0 Å². The number of hydrazone groups is 1. The lowest BCUT2D eigenvalue weighted by Gasteiger charge is -2.31. The standard InChI is InChI=1S/C19H16BrF3N2O2/c1-2-12-6-8-14(9-7-12)18(27)11-16(19(21,22)23)24-25(18)17(26)13-4-3-5-15(20)10-13/h3-10,27H,2,11H2,1H3. The second kappa shape index (κ2) is 7.09. The summed E-state index contributed by atoms with van der Waals surface area (Å²) in [6.07, 6.45) is -4.84. The fraction of sp³-hybridized carbons (Fsp3) is 0.263. The van der Waals surface area contributed by atoms with Gasteiger partial charge in [-0.25, -0.2) is 0 Å². The summed E-state index contributed by atoms with van der Waals surface area (Å²) in [5, 5.41) is 15.1. The molecule has 27 heavy (non-hydrogen) atoms. The molecule has 0 aromatic heterocycles. The lowest BCUT2D eigenvalue weighted by molar-refractivity contribution is -0.0816. The smallest absolute Gasteiger partial charge is 0.365 e. The number of nitrogens with zero attached hydrogens (tertiary/aromatic N) is 2. The van der Waals surface area contributed by atoms with Crippen LogP contribution in [0.15, 0.2) is 58.1 Å². The van der Waals surface area contributed by atoms with Gasteiger partial charge in [0, 0.05) is 15.6 Å². The molecule has 1 amide bonds. The van der Waals surface area contributed by atoms with Crippen LogP contribution in [0.2, 0.25) is 0 Å². The summed E-state index contributed by atoms with van der Waals surface area (Å²) in [4.78, 5) is 12.9. The highest BCUT2D eigenvalue weighted by atomic mass is 79.9. The molecule has 0 bridgehead atoms. The number of benzene rings is 2. The molecule has 1 heterocycles. The molecule has 1 atom stereocenters. The van der Waals surface area contributed by atoms with E-state index in [1.54, 1.807) is 24.3 Å². The predicted molar refractivity (Wildman–Crippen MR) is 98.1 cm³/mol. The van der Waals surface area contributed by atoms with Crippen LogP contribution in [0, 0.1) is 0 Å². The maximum atomic E-state index is 13.3. The first-order chi connectivity index (χ1) is 12.6. The Balaban J connectivity index is 2.06. The van der Waals surface area contributed by atoms with E-state index in [2.05, 4.69) is 21.0 Å². The molecule has 0 spiro atoms. The SMILES string of the molecule is CCc1ccc(C2(O)CC(C(F)(F)F)=NN2C(=O)c2cccc(Br)c2)cc1. The summed E-state index contributed by atoms with van der Waals surface area (Å²) < 4.78 is 40.3. The molecule has 0 radical (unpaired) electrons. The van der Waals surface area contributed by atoms with Crippen LogP contribution >= 0.6 is 15.9 Å². The molecule has 8 heteroatoms. The number of aryl methyl sites for hydroxylation is 1. The van der Waals surface area contributed by atoms with E-state index >= 15 is 0 Å². The minimum atomic E-state index is -4.75. The number of carbonyl (C=O) groups excluding carboxylic acids is 1. The molecule has 0 aliphatic carbocycles. The fourth-order valence-electron chi connectivity index (χ4n) is 2.89. The lowest BCUT2D eigenvalue weighted by atomic mass is 9.95. The first-order valence-electron chi connectivity index (χ1n) is 8.21. The Morgan fingerprint density at radius 2 is 1.93 bits per heavy atom. The molecule has 0 saturated heterocycles. The summed E-state index contributed by atoms with van der Waals surface area (Å²) in [5.74, 6) is -0.822. The second-order valence-electron chi connectivity index (χ2n) is 6.22. The van der Waals surface area contributed by atoms with Crippen LogP contribution in [0.3, 0.4) is 0 Å². The van der Waals surface area contributed by atoms with Crippen LogP contribution in [0.5, 0.6) is 0 Å². The van der Waals surface area contributed by atoms with Gasteiger partial charge in [0.05, 0.1) is 6.42 Å². The van der Waals surface area contributed by atoms with Crippen LogP contribution in [0.1, 0.15) is 34.8 Å². The average Bonchev–Trinajstić information content (AvgIpc) is 3.00. The first kappa shape index (κ1) is 19.6. The van der Waals surface area contributed by atoms with Crippen molar-refractivity contribution in [1.29, 1.82) is 0 Å². The summed E-state index contributed by atoms with van der Waals surface area (Å²) in [6.45, 7) is 1.94. The zero-order chi connectivity index (χ0) is 19.8. The predicted octanol–water partition coefficient (Wildman–Crippen LogP) is 4.62. The van der Waals surface area contributed by atoms with Gasteiger partial charge in [0.2, 0.25) is 0 Å². The number of halogens is 4. The van der Waals surface area contributed by atoms with Crippen molar-refractivity contribution < 1.29 is 23.1 Å². The molecule has 4 nitrogen and oxygen atoms in total. The van der Waals surface area contributed by atoms with Crippen LogP contribution in [0.4, 0.5) is 13.2 Å². The van der Waals surface area contributed by atoms with Crippen molar-refractivity contribution in [1.82, 2.24) is 5.01 Å². The topological polar surface area (TPSA) is 52.9 Å². The van der Waals surface area contributed by atoms with Crippen molar-refractivity contribution in [3.05, 3.63) is 69.7 Å². The molecule has 1 aliphatic rings. The Labute approximate surface area is 162 Å². The minimum Gasteiger partial charge on any atom is -0.365 e. The van der Waals surface area contributed by atoms with Crippen LogP contribution in [-0.4, -0.2) is 27.9 Å². The highest BCUT2D eigenvalue weighted by Gasteiger charge is 2.53. The zero-order valence-corrected chi connectivity index (χ0v) is 15.9. The fourth-order valence-corrected chi connectivity index (χ4v) is 3.29. The van der Waals surface area contributed by atoms with Crippen molar-refractivity contribution in [2.24, 2.45) is 5.10 Å². The maximum Gasteiger partial charge on any atom is 0.431 e. The molecule has 1 unspecified atom stereocenters. The van der Waals surface area contributed by atoms with Gasteiger partial charge in [0.25, 0.3) is 5.91 Å². The Hall–Kier alpha value is -2.19. The summed E-state index contributed by atoms with van der Waals surface area (Å²) in [7, 11) is 0. The van der Waals surface area contributed by atoms with Gasteiger partial charge in [-0.3, -0.25) is 4.79 Å². The number of hydrogen-bond donors (Lipinski definition) is 1. The Bertz CT molecular complexity index is 897. The van der Waals surface area contributed by atoms with E-state index in [1.165, 1.54) is 24.3 Å². The first-order valence-corrected chi connectivity index (χ1v) is 9.01. The third-order valence-corrected chi connectivity index (χ3v) is 4.89. The van der Waals surface area contributed by atoms with Crippen LogP contribution < -0.4 is 0 Å². The number of rotatable bonds is 3. The van der Waals surface area contributed by atoms with E-state index < -0.39 is 29.9 Å². The van der Waals surface area contributed by atoms with Crippen molar-refractivity contribution in [2.75, 3.05) is 0 Å². The largest absolute Gasteiger partial charge is 0.431 e. The number of aliphatic hydroxyl groups is 1. The van der Waals surface area contributed by atoms with Gasteiger partial charge in [-0.05, 0) is 30.2 Å². The van der Waals surface area contributed by atoms with Crippen molar-refractivity contribution >= 4 is 27.5 Å². The van der Waals surface area contributed by atoms with E-state index in [-0.39, 0.29) is 11.1 Å². The number of amides is 1. The van der Waals surface area contributed by atoms with Crippen LogP contribution in [-0.2, 0) is 12.1 Å². The van der Waals surface area contributed by atoms with Gasteiger partial charge in [-0.2, -0.15) is 23.3 Å². The summed E-state index contributed by atoms with van der Waals surface area (Å²) in [6, 6.07) is 12.6. The third kappa shape index (κ3) is 3.77. The highest BCUT2D eigenvalue weighted by Crippen LogP contribution is 2.40. The quantitative estimate of drug-likeness (QED) is 0.756.